The van der Waals surface area contributed by atoms with Crippen LogP contribution in [0.15, 0.2) is 30.2 Å². The van der Waals surface area contributed by atoms with Crippen LogP contribution in [0.25, 0.3) is 0 Å². The number of phosphoric ester groups is 1. The van der Waals surface area contributed by atoms with Crippen LogP contribution in [-0.4, -0.2) is 30.6 Å². The Morgan fingerprint density at radius 1 is 1.39 bits per heavy atom. The number of rotatable bonds is 6. The van der Waals surface area contributed by atoms with Crippen LogP contribution < -0.4 is 5.32 Å². The van der Waals surface area contributed by atoms with Gasteiger partial charge in [-0.25, -0.2) is 4.57 Å². The summed E-state index contributed by atoms with van der Waals surface area (Å²) in [6.45, 7) is 4.96. The van der Waals surface area contributed by atoms with Gasteiger partial charge in [-0.05, 0) is 38.5 Å². The number of aromatic hydroxyl groups is 1. The fourth-order valence-corrected chi connectivity index (χ4v) is 2.05. The number of nitrogens with one attached hydrogen (secondary N) is 1. The van der Waals surface area contributed by atoms with Gasteiger partial charge in [0.1, 0.15) is 18.1 Å². The van der Waals surface area contributed by atoms with E-state index in [9.17, 15) is 14.8 Å². The van der Waals surface area contributed by atoms with Crippen LogP contribution in [0.5, 0.6) is 5.75 Å². The maximum atomic E-state index is 10.9. The molecule has 1 rings (SSSR count). The first-order chi connectivity index (χ1) is 10.4. The minimum Gasteiger partial charge on any atom is -0.508 e. The average molecular weight is 347 g/mol. The van der Waals surface area contributed by atoms with E-state index in [1.165, 1.54) is 18.2 Å². The third-order valence-corrected chi connectivity index (χ3v) is 3.10. The lowest BCUT2D eigenvalue weighted by atomic mass is 10.0. The fraction of sp³-hybridized carbons (Fsp3) is 0.429. The number of benzene rings is 1. The molecule has 0 saturated carbocycles. The topological polar surface area (TPSA) is 139 Å². The van der Waals surface area contributed by atoms with E-state index in [2.05, 4.69) is 9.84 Å². The van der Waals surface area contributed by atoms with Crippen LogP contribution >= 0.6 is 7.82 Å². The zero-order chi connectivity index (χ0) is 17.8. The van der Waals surface area contributed by atoms with Crippen molar-refractivity contribution in [3.8, 4) is 5.75 Å². The molecule has 0 aliphatic carbocycles. The molecule has 1 unspecified atom stereocenters. The van der Waals surface area contributed by atoms with E-state index < -0.39 is 26.1 Å². The molecule has 8 nitrogen and oxygen atoms in total. The van der Waals surface area contributed by atoms with Crippen LogP contribution in [0.3, 0.4) is 0 Å². The lowest BCUT2D eigenvalue weighted by molar-refractivity contribution is 0.188. The minimum absolute atomic E-state index is 0.0235. The number of phosphoric acid groups is 1. The molecule has 0 heterocycles. The van der Waals surface area contributed by atoms with Gasteiger partial charge in [-0.2, -0.15) is 0 Å². The summed E-state index contributed by atoms with van der Waals surface area (Å²) in [6.07, 6.45) is -0.533. The molecule has 0 aromatic heterocycles. The maximum absolute atomic E-state index is 10.9. The third kappa shape index (κ3) is 6.60. The fourth-order valence-electron chi connectivity index (χ4n) is 1.80. The number of phenols is 1. The Hall–Kier alpha value is -1.57. The zero-order valence-electron chi connectivity index (χ0n) is 13.1. The molecule has 6 N–H and O–H groups in total. The number of aliphatic hydroxyl groups excluding tert-OH is 2. The Balaban J connectivity index is 3.17. The van der Waals surface area contributed by atoms with Crippen molar-refractivity contribution in [1.29, 1.82) is 0 Å². The second kappa shape index (κ2) is 7.33. The van der Waals surface area contributed by atoms with E-state index in [1.807, 2.05) is 0 Å². The summed E-state index contributed by atoms with van der Waals surface area (Å²) in [7, 11) is -4.75. The molecule has 0 aliphatic rings. The molecule has 130 valence electrons. The summed E-state index contributed by atoms with van der Waals surface area (Å²) < 4.78 is 15.2. The molecule has 1 aromatic carbocycles. The van der Waals surface area contributed by atoms with Gasteiger partial charge in [0.05, 0.1) is 12.3 Å². The Morgan fingerprint density at radius 2 is 2.00 bits per heavy atom. The van der Waals surface area contributed by atoms with E-state index in [-0.39, 0.29) is 17.0 Å². The smallest absolute Gasteiger partial charge is 0.508 e. The van der Waals surface area contributed by atoms with E-state index in [0.29, 0.717) is 5.56 Å². The average Bonchev–Trinajstić information content (AvgIpc) is 2.41. The van der Waals surface area contributed by atoms with Crippen molar-refractivity contribution < 1.29 is 34.2 Å². The highest BCUT2D eigenvalue weighted by Crippen LogP contribution is 2.37. The molecule has 23 heavy (non-hydrogen) atoms. The monoisotopic (exact) mass is 347 g/mol. The molecule has 0 spiro atoms. The predicted molar refractivity (Wildman–Crippen MR) is 83.1 cm³/mol. The van der Waals surface area contributed by atoms with Crippen LogP contribution in [0, 0.1) is 0 Å². The van der Waals surface area contributed by atoms with Crippen LogP contribution in [0.2, 0.25) is 0 Å². The van der Waals surface area contributed by atoms with Crippen molar-refractivity contribution in [3.05, 3.63) is 41.3 Å². The van der Waals surface area contributed by atoms with Gasteiger partial charge in [-0.1, -0.05) is 6.07 Å². The molecule has 9 heteroatoms. The Morgan fingerprint density at radius 3 is 2.48 bits per heavy atom. The SMILES string of the molecule is CC(C)(C)NC(=COP(=O)(O)O)C(O)c1ccc(O)c(CO)c1. The minimum atomic E-state index is -4.75. The highest BCUT2D eigenvalue weighted by molar-refractivity contribution is 7.46. The second-order valence-corrected chi connectivity index (χ2v) is 7.18. The van der Waals surface area contributed by atoms with Crippen molar-refractivity contribution in [2.24, 2.45) is 0 Å². The first-order valence-electron chi connectivity index (χ1n) is 6.76. The Bertz CT molecular complexity index is 618. The van der Waals surface area contributed by atoms with Gasteiger partial charge in [0, 0.05) is 11.1 Å². The van der Waals surface area contributed by atoms with Gasteiger partial charge in [-0.15, -0.1) is 0 Å². The summed E-state index contributed by atoms with van der Waals surface area (Å²) >= 11 is 0. The summed E-state index contributed by atoms with van der Waals surface area (Å²) in [5, 5.41) is 32.0. The first-order valence-corrected chi connectivity index (χ1v) is 8.29. The molecule has 0 aliphatic heterocycles. The van der Waals surface area contributed by atoms with E-state index in [1.54, 1.807) is 20.8 Å². The van der Waals surface area contributed by atoms with Gasteiger partial charge in [-0.3, -0.25) is 9.79 Å². The molecule has 0 radical (unpaired) electrons. The maximum Gasteiger partial charge on any atom is 0.524 e. The first kappa shape index (κ1) is 19.5. The molecule has 1 atom stereocenters. The third-order valence-electron chi connectivity index (χ3n) is 2.72. The van der Waals surface area contributed by atoms with Gasteiger partial charge < -0.3 is 25.2 Å². The highest BCUT2D eigenvalue weighted by Gasteiger charge is 2.22. The molecular weight excluding hydrogens is 325 g/mol. The van der Waals surface area contributed by atoms with E-state index >= 15 is 0 Å². The van der Waals surface area contributed by atoms with Gasteiger partial charge >= 0.3 is 7.82 Å². The van der Waals surface area contributed by atoms with Gasteiger partial charge in [0.15, 0.2) is 0 Å². The standard InChI is InChI=1S/C14H22NO7P/c1-14(2,3)15-11(8-22-23(19,20)21)13(18)9-4-5-12(17)10(6-9)7-16/h4-6,8,13,15-18H,7H2,1-3H3,(H2,19,20,21). The van der Waals surface area contributed by atoms with Crippen LogP contribution in [0.1, 0.15) is 38.0 Å². The molecular formula is C14H22NO7P. The second-order valence-electron chi connectivity index (χ2n) is 5.99. The highest BCUT2D eigenvalue weighted by atomic mass is 31.2. The number of aliphatic hydroxyl groups is 2. The molecule has 0 fully saturated rings. The van der Waals surface area contributed by atoms with Crippen molar-refractivity contribution >= 4 is 7.82 Å². The number of hydrogen-bond donors (Lipinski definition) is 6. The lowest BCUT2D eigenvalue weighted by Gasteiger charge is -2.27. The summed E-state index contributed by atoms with van der Waals surface area (Å²) in [6, 6.07) is 4.12. The van der Waals surface area contributed by atoms with E-state index in [0.717, 1.165) is 6.26 Å². The largest absolute Gasteiger partial charge is 0.524 e. The zero-order valence-corrected chi connectivity index (χ0v) is 14.0. The summed E-state index contributed by atoms with van der Waals surface area (Å²) in [4.78, 5) is 17.6. The van der Waals surface area contributed by atoms with Gasteiger partial charge in [0.2, 0.25) is 0 Å². The van der Waals surface area contributed by atoms with Crippen molar-refractivity contribution in [2.75, 3.05) is 0 Å². The molecule has 0 amide bonds. The van der Waals surface area contributed by atoms with Crippen LogP contribution in [-0.2, 0) is 15.7 Å². The summed E-state index contributed by atoms with van der Waals surface area (Å²) in [5.41, 5.74) is 0.0362. The normalized spacial score (nSPS) is 14.5. The lowest BCUT2D eigenvalue weighted by Crippen LogP contribution is -2.37. The van der Waals surface area contributed by atoms with Crippen molar-refractivity contribution in [3.63, 3.8) is 0 Å². The van der Waals surface area contributed by atoms with Gasteiger partial charge in [0.25, 0.3) is 0 Å². The quantitative estimate of drug-likeness (QED) is 0.334. The molecule has 1 aromatic rings. The Kier molecular flexibility index (Phi) is 6.21. The van der Waals surface area contributed by atoms with Crippen molar-refractivity contribution in [1.82, 2.24) is 5.32 Å². The molecule has 0 bridgehead atoms. The number of hydrogen-bond acceptors (Lipinski definition) is 6. The van der Waals surface area contributed by atoms with Crippen molar-refractivity contribution in [2.45, 2.75) is 39.0 Å². The van der Waals surface area contributed by atoms with E-state index in [4.69, 9.17) is 14.9 Å². The van der Waals surface area contributed by atoms with Crippen LogP contribution in [0.4, 0.5) is 0 Å². The predicted octanol–water partition coefficient (Wildman–Crippen LogP) is 1.26. The Labute approximate surface area is 134 Å². The molecule has 0 saturated heterocycles. The summed E-state index contributed by atoms with van der Waals surface area (Å²) in [5.74, 6) is -0.121.